The summed E-state index contributed by atoms with van der Waals surface area (Å²) in [6, 6.07) is 0. The second-order valence-electron chi connectivity index (χ2n) is 4.94. The molecule has 96 valence electrons. The molecular weight excluding hydrogens is 228 g/mol. The molecule has 2 aromatic rings. The fraction of sp³-hybridized carbons (Fsp3) is 0.583. The molecule has 0 bridgehead atoms. The molecule has 0 radical (unpaired) electrons. The summed E-state index contributed by atoms with van der Waals surface area (Å²) in [5.74, 6) is 3.00. The van der Waals surface area contributed by atoms with E-state index in [0.29, 0.717) is 17.5 Å². The van der Waals surface area contributed by atoms with Crippen molar-refractivity contribution in [1.29, 1.82) is 0 Å². The van der Waals surface area contributed by atoms with Gasteiger partial charge >= 0.3 is 0 Å². The molecule has 18 heavy (non-hydrogen) atoms. The number of fused-ring (bicyclic) bond motifs is 1. The maximum Gasteiger partial charge on any atom is 0.226 e. The lowest BCUT2D eigenvalue weighted by molar-refractivity contribution is 0.536. The minimum absolute atomic E-state index is 0.594. The van der Waals surface area contributed by atoms with Gasteiger partial charge in [0.25, 0.3) is 0 Å². The first kappa shape index (κ1) is 11.3. The normalized spacial score (nSPS) is 16.8. The van der Waals surface area contributed by atoms with Crippen LogP contribution in [0, 0.1) is 11.8 Å². The van der Waals surface area contributed by atoms with E-state index in [-0.39, 0.29) is 0 Å². The first-order chi connectivity index (χ1) is 8.78. The van der Waals surface area contributed by atoms with Crippen LogP contribution in [0.3, 0.4) is 0 Å². The first-order valence-corrected chi connectivity index (χ1v) is 6.40. The highest BCUT2D eigenvalue weighted by atomic mass is 15.2. The van der Waals surface area contributed by atoms with E-state index < -0.39 is 0 Å². The van der Waals surface area contributed by atoms with Gasteiger partial charge in [-0.05, 0) is 24.7 Å². The lowest BCUT2D eigenvalue weighted by Gasteiger charge is -2.12. The van der Waals surface area contributed by atoms with Gasteiger partial charge in [0.2, 0.25) is 5.95 Å². The second-order valence-corrected chi connectivity index (χ2v) is 4.94. The number of nitrogens with zero attached hydrogens (tertiary/aromatic N) is 3. The third kappa shape index (κ3) is 2.10. The zero-order chi connectivity index (χ0) is 12.5. The smallest absolute Gasteiger partial charge is 0.226 e. The number of hydrogen-bond acceptors (Lipinski definition) is 5. The van der Waals surface area contributed by atoms with Gasteiger partial charge < -0.3 is 15.6 Å². The van der Waals surface area contributed by atoms with Crippen molar-refractivity contribution in [3.05, 3.63) is 6.33 Å². The number of nitrogens with one attached hydrogen (secondary N) is 3. The molecule has 1 atom stereocenters. The van der Waals surface area contributed by atoms with Crippen molar-refractivity contribution in [1.82, 2.24) is 19.9 Å². The summed E-state index contributed by atoms with van der Waals surface area (Å²) >= 11 is 0. The summed E-state index contributed by atoms with van der Waals surface area (Å²) in [6.07, 6.45) is 4.38. The van der Waals surface area contributed by atoms with E-state index in [1.807, 2.05) is 7.05 Å². The van der Waals surface area contributed by atoms with Gasteiger partial charge in [-0.3, -0.25) is 0 Å². The van der Waals surface area contributed by atoms with Crippen molar-refractivity contribution >= 4 is 22.9 Å². The Morgan fingerprint density at radius 2 is 2.28 bits per heavy atom. The summed E-state index contributed by atoms with van der Waals surface area (Å²) in [6.45, 7) is 3.23. The molecule has 1 saturated carbocycles. The van der Waals surface area contributed by atoms with Gasteiger partial charge in [0.05, 0.1) is 6.33 Å². The van der Waals surface area contributed by atoms with Crippen LogP contribution >= 0.6 is 0 Å². The van der Waals surface area contributed by atoms with Crippen LogP contribution in [0.1, 0.15) is 19.8 Å². The third-order valence-corrected chi connectivity index (χ3v) is 3.53. The third-order valence-electron chi connectivity index (χ3n) is 3.53. The minimum atomic E-state index is 0.594. The highest BCUT2D eigenvalue weighted by Gasteiger charge is 2.27. The van der Waals surface area contributed by atoms with Gasteiger partial charge in [0.15, 0.2) is 11.5 Å². The second kappa shape index (κ2) is 4.44. The topological polar surface area (TPSA) is 78.5 Å². The number of H-pyrrole nitrogens is 1. The van der Waals surface area contributed by atoms with Crippen molar-refractivity contribution in [3.8, 4) is 0 Å². The van der Waals surface area contributed by atoms with Crippen molar-refractivity contribution in [2.45, 2.75) is 19.8 Å². The molecule has 6 nitrogen and oxygen atoms in total. The molecule has 0 aromatic carbocycles. The Hall–Kier alpha value is -1.85. The van der Waals surface area contributed by atoms with Crippen LogP contribution in [0.15, 0.2) is 6.33 Å². The highest BCUT2D eigenvalue weighted by Crippen LogP contribution is 2.36. The molecule has 6 heteroatoms. The monoisotopic (exact) mass is 246 g/mol. The molecule has 1 aliphatic carbocycles. The molecule has 1 fully saturated rings. The van der Waals surface area contributed by atoms with E-state index in [0.717, 1.165) is 23.8 Å². The fourth-order valence-electron chi connectivity index (χ4n) is 2.16. The van der Waals surface area contributed by atoms with Crippen molar-refractivity contribution in [3.63, 3.8) is 0 Å². The Morgan fingerprint density at radius 3 is 3.00 bits per heavy atom. The average Bonchev–Trinajstić information content (AvgIpc) is 3.13. The molecule has 0 amide bonds. The quantitative estimate of drug-likeness (QED) is 0.750. The van der Waals surface area contributed by atoms with Crippen molar-refractivity contribution in [2.24, 2.45) is 11.8 Å². The molecule has 1 aliphatic rings. The van der Waals surface area contributed by atoms with Gasteiger partial charge in [-0.2, -0.15) is 9.97 Å². The van der Waals surface area contributed by atoms with E-state index in [9.17, 15) is 0 Å². The summed E-state index contributed by atoms with van der Waals surface area (Å²) in [5.41, 5.74) is 1.56. The first-order valence-electron chi connectivity index (χ1n) is 6.40. The Morgan fingerprint density at radius 1 is 1.44 bits per heavy atom. The molecule has 3 N–H and O–H groups in total. The molecule has 3 rings (SSSR count). The molecule has 0 saturated heterocycles. The largest absolute Gasteiger partial charge is 0.368 e. The van der Waals surface area contributed by atoms with E-state index in [2.05, 4.69) is 37.5 Å². The van der Waals surface area contributed by atoms with Crippen LogP contribution in [-0.4, -0.2) is 33.5 Å². The lowest BCUT2D eigenvalue weighted by atomic mass is 10.1. The Bertz CT molecular complexity index is 544. The molecule has 0 aliphatic heterocycles. The van der Waals surface area contributed by atoms with Gasteiger partial charge in [-0.25, -0.2) is 4.98 Å². The van der Waals surface area contributed by atoms with Crippen molar-refractivity contribution in [2.75, 3.05) is 24.2 Å². The summed E-state index contributed by atoms with van der Waals surface area (Å²) in [5, 5.41) is 6.36. The van der Waals surface area contributed by atoms with Gasteiger partial charge in [0.1, 0.15) is 5.52 Å². The standard InChI is InChI=1S/C12H18N6/c1-7(8-3-4-8)5-14-10-9-11(16-6-15-9)18-12(13-2)17-10/h6-8H,3-5H2,1-2H3,(H3,13,14,15,16,17,18). The van der Waals surface area contributed by atoms with Crippen LogP contribution in [0.2, 0.25) is 0 Å². The Kier molecular flexibility index (Phi) is 2.77. The van der Waals surface area contributed by atoms with E-state index >= 15 is 0 Å². The zero-order valence-corrected chi connectivity index (χ0v) is 10.7. The number of anilines is 2. The number of aromatic nitrogens is 4. The highest BCUT2D eigenvalue weighted by molar-refractivity contribution is 5.83. The summed E-state index contributed by atoms with van der Waals surface area (Å²) in [7, 11) is 1.81. The van der Waals surface area contributed by atoms with Crippen molar-refractivity contribution < 1.29 is 0 Å². The molecule has 2 aromatic heterocycles. The molecule has 2 heterocycles. The number of hydrogen-bond donors (Lipinski definition) is 3. The lowest BCUT2D eigenvalue weighted by Crippen LogP contribution is -2.14. The Balaban J connectivity index is 1.82. The fourth-order valence-corrected chi connectivity index (χ4v) is 2.16. The van der Waals surface area contributed by atoms with Gasteiger partial charge in [0, 0.05) is 13.6 Å². The van der Waals surface area contributed by atoms with E-state index in [1.54, 1.807) is 6.33 Å². The number of imidazole rings is 1. The SMILES string of the molecule is CNc1nc(NCC(C)C2CC2)c2[nH]cnc2n1. The van der Waals surface area contributed by atoms with Gasteiger partial charge in [-0.1, -0.05) is 6.92 Å². The summed E-state index contributed by atoms with van der Waals surface area (Å²) in [4.78, 5) is 16.0. The van der Waals surface area contributed by atoms with Crippen LogP contribution in [0.25, 0.3) is 11.2 Å². The molecule has 0 spiro atoms. The average molecular weight is 246 g/mol. The van der Waals surface area contributed by atoms with Crippen LogP contribution in [-0.2, 0) is 0 Å². The van der Waals surface area contributed by atoms with Gasteiger partial charge in [-0.15, -0.1) is 0 Å². The maximum absolute atomic E-state index is 4.44. The number of rotatable bonds is 5. The molecular formula is C12H18N6. The van der Waals surface area contributed by atoms with Crippen LogP contribution < -0.4 is 10.6 Å². The predicted octanol–water partition coefficient (Wildman–Crippen LogP) is 1.85. The summed E-state index contributed by atoms with van der Waals surface area (Å²) < 4.78 is 0. The Labute approximate surface area is 106 Å². The number of aromatic amines is 1. The zero-order valence-electron chi connectivity index (χ0n) is 10.7. The van der Waals surface area contributed by atoms with E-state index in [4.69, 9.17) is 0 Å². The predicted molar refractivity (Wildman–Crippen MR) is 71.6 cm³/mol. The van der Waals surface area contributed by atoms with Crippen LogP contribution in [0.4, 0.5) is 11.8 Å². The molecule has 1 unspecified atom stereocenters. The van der Waals surface area contributed by atoms with Crippen LogP contribution in [0.5, 0.6) is 0 Å². The maximum atomic E-state index is 4.44. The van der Waals surface area contributed by atoms with E-state index in [1.165, 1.54) is 12.8 Å². The minimum Gasteiger partial charge on any atom is -0.368 e.